The van der Waals surface area contributed by atoms with Crippen LogP contribution in [-0.4, -0.2) is 9.97 Å². The molecule has 2 aromatic heterocycles. The first-order valence-electron chi connectivity index (χ1n) is 6.10. The smallest absolute Gasteiger partial charge is 0.152 e. The Morgan fingerprint density at radius 1 is 1.10 bits per heavy atom. The van der Waals surface area contributed by atoms with Crippen molar-refractivity contribution in [1.82, 2.24) is 9.97 Å². The Bertz CT molecular complexity index is 761. The molecule has 2 heterocycles. The average molecular weight is 349 g/mol. The first kappa shape index (κ1) is 13.3. The molecule has 0 spiro atoms. The molecule has 0 saturated heterocycles. The largest absolute Gasteiger partial charge is 0.378 e. The summed E-state index contributed by atoms with van der Waals surface area (Å²) in [6.07, 6.45) is 5.34. The molecule has 1 N–H and O–H groups in total. The SMILES string of the molecule is Clc1ncc(Br)cc1NCc1ccc2cnccc2c1. The third kappa shape index (κ3) is 2.92. The van der Waals surface area contributed by atoms with E-state index in [1.165, 1.54) is 10.9 Å². The number of nitrogens with one attached hydrogen (secondary N) is 1. The van der Waals surface area contributed by atoms with Crippen molar-refractivity contribution in [3.05, 3.63) is 64.1 Å². The number of halogens is 2. The Morgan fingerprint density at radius 3 is 2.90 bits per heavy atom. The van der Waals surface area contributed by atoms with E-state index < -0.39 is 0 Å². The van der Waals surface area contributed by atoms with Gasteiger partial charge in [-0.25, -0.2) is 4.98 Å². The van der Waals surface area contributed by atoms with Crippen LogP contribution in [0.4, 0.5) is 5.69 Å². The molecule has 0 atom stereocenters. The Hall–Kier alpha value is -1.65. The van der Waals surface area contributed by atoms with Crippen LogP contribution in [0.5, 0.6) is 0 Å². The molecule has 0 saturated carbocycles. The van der Waals surface area contributed by atoms with Crippen LogP contribution in [0, 0.1) is 0 Å². The van der Waals surface area contributed by atoms with Crippen molar-refractivity contribution in [2.24, 2.45) is 0 Å². The average Bonchev–Trinajstić information content (AvgIpc) is 2.48. The molecular formula is C15H11BrClN3. The van der Waals surface area contributed by atoms with Crippen molar-refractivity contribution in [2.75, 3.05) is 5.32 Å². The number of hydrogen-bond donors (Lipinski definition) is 1. The van der Waals surface area contributed by atoms with E-state index in [4.69, 9.17) is 11.6 Å². The highest BCUT2D eigenvalue weighted by molar-refractivity contribution is 9.10. The highest BCUT2D eigenvalue weighted by atomic mass is 79.9. The van der Waals surface area contributed by atoms with E-state index in [2.05, 4.69) is 49.4 Å². The summed E-state index contributed by atoms with van der Waals surface area (Å²) in [7, 11) is 0. The van der Waals surface area contributed by atoms with Gasteiger partial charge in [-0.15, -0.1) is 0 Å². The van der Waals surface area contributed by atoms with Crippen molar-refractivity contribution in [3.8, 4) is 0 Å². The third-order valence-electron chi connectivity index (χ3n) is 2.99. The topological polar surface area (TPSA) is 37.8 Å². The number of aromatic nitrogens is 2. The zero-order valence-corrected chi connectivity index (χ0v) is 12.8. The molecule has 0 amide bonds. The Balaban J connectivity index is 1.81. The van der Waals surface area contributed by atoms with Gasteiger partial charge < -0.3 is 5.32 Å². The van der Waals surface area contributed by atoms with E-state index >= 15 is 0 Å². The van der Waals surface area contributed by atoms with Gasteiger partial charge in [-0.1, -0.05) is 23.7 Å². The second-order valence-corrected chi connectivity index (χ2v) is 5.68. The maximum absolute atomic E-state index is 6.05. The van der Waals surface area contributed by atoms with Crippen molar-refractivity contribution >= 4 is 44.0 Å². The summed E-state index contributed by atoms with van der Waals surface area (Å²) >= 11 is 9.44. The van der Waals surface area contributed by atoms with Crippen LogP contribution in [0.3, 0.4) is 0 Å². The molecule has 3 rings (SSSR count). The van der Waals surface area contributed by atoms with Gasteiger partial charge in [0.2, 0.25) is 0 Å². The van der Waals surface area contributed by atoms with Crippen LogP contribution >= 0.6 is 27.5 Å². The van der Waals surface area contributed by atoms with Crippen LogP contribution < -0.4 is 5.32 Å². The summed E-state index contributed by atoms with van der Waals surface area (Å²) < 4.78 is 0.897. The van der Waals surface area contributed by atoms with Gasteiger partial charge in [0.25, 0.3) is 0 Å². The second-order valence-electron chi connectivity index (χ2n) is 4.40. The first-order valence-corrected chi connectivity index (χ1v) is 7.27. The van der Waals surface area contributed by atoms with Gasteiger partial charge >= 0.3 is 0 Å². The number of hydrogen-bond acceptors (Lipinski definition) is 3. The molecule has 3 aromatic rings. The van der Waals surface area contributed by atoms with Gasteiger partial charge in [0.05, 0.1) is 5.69 Å². The lowest BCUT2D eigenvalue weighted by atomic mass is 10.1. The van der Waals surface area contributed by atoms with Crippen LogP contribution in [0.25, 0.3) is 10.8 Å². The number of anilines is 1. The van der Waals surface area contributed by atoms with Gasteiger partial charge in [0.1, 0.15) is 0 Å². The van der Waals surface area contributed by atoms with Crippen LogP contribution in [0.2, 0.25) is 5.15 Å². The fraction of sp³-hybridized carbons (Fsp3) is 0.0667. The predicted octanol–water partition coefficient (Wildman–Crippen LogP) is 4.66. The standard InChI is InChI=1S/C15H11BrClN3/c16-13-6-14(15(17)20-9-13)19-7-10-1-2-12-8-18-4-3-11(12)5-10/h1-6,8-9,19H,7H2. The lowest BCUT2D eigenvalue weighted by Gasteiger charge is -2.09. The summed E-state index contributed by atoms with van der Waals surface area (Å²) in [6, 6.07) is 10.2. The van der Waals surface area contributed by atoms with Crippen LogP contribution in [0.1, 0.15) is 5.56 Å². The molecular weight excluding hydrogens is 338 g/mol. The van der Waals surface area contributed by atoms with Crippen molar-refractivity contribution in [3.63, 3.8) is 0 Å². The summed E-state index contributed by atoms with van der Waals surface area (Å²) in [5.74, 6) is 0. The molecule has 100 valence electrons. The molecule has 1 aromatic carbocycles. The van der Waals surface area contributed by atoms with Crippen LogP contribution in [0.15, 0.2) is 53.4 Å². The summed E-state index contributed by atoms with van der Waals surface area (Å²) in [5.41, 5.74) is 2.00. The molecule has 0 radical (unpaired) electrons. The molecule has 0 aliphatic heterocycles. The fourth-order valence-corrected chi connectivity index (χ4v) is 2.49. The summed E-state index contributed by atoms with van der Waals surface area (Å²) in [5, 5.41) is 6.08. The van der Waals surface area contributed by atoms with Gasteiger partial charge in [-0.3, -0.25) is 4.98 Å². The lowest BCUT2D eigenvalue weighted by Crippen LogP contribution is -2.00. The van der Waals surface area contributed by atoms with Gasteiger partial charge in [-0.05, 0) is 45.1 Å². The first-order chi connectivity index (χ1) is 9.72. The molecule has 0 bridgehead atoms. The molecule has 0 unspecified atom stereocenters. The summed E-state index contributed by atoms with van der Waals surface area (Å²) in [6.45, 7) is 0.691. The molecule has 5 heteroatoms. The van der Waals surface area contributed by atoms with E-state index in [9.17, 15) is 0 Å². The molecule has 3 nitrogen and oxygen atoms in total. The second kappa shape index (κ2) is 5.77. The molecule has 0 aliphatic rings. The monoisotopic (exact) mass is 347 g/mol. The Kier molecular flexibility index (Phi) is 3.85. The van der Waals surface area contributed by atoms with Crippen LogP contribution in [-0.2, 0) is 6.54 Å². The highest BCUT2D eigenvalue weighted by Gasteiger charge is 2.03. The van der Waals surface area contributed by atoms with E-state index in [0.29, 0.717) is 11.7 Å². The molecule has 0 fully saturated rings. The number of nitrogens with zero attached hydrogens (tertiary/aromatic N) is 2. The van der Waals surface area contributed by atoms with Crippen molar-refractivity contribution < 1.29 is 0 Å². The normalized spacial score (nSPS) is 10.7. The van der Waals surface area contributed by atoms with Crippen molar-refractivity contribution in [1.29, 1.82) is 0 Å². The minimum absolute atomic E-state index is 0.471. The number of pyridine rings is 2. The third-order valence-corrected chi connectivity index (χ3v) is 3.73. The number of benzene rings is 1. The van der Waals surface area contributed by atoms with E-state index in [1.807, 2.05) is 18.3 Å². The fourth-order valence-electron chi connectivity index (χ4n) is 1.99. The molecule has 20 heavy (non-hydrogen) atoms. The summed E-state index contributed by atoms with van der Waals surface area (Å²) in [4.78, 5) is 8.20. The Labute approximate surface area is 130 Å². The van der Waals surface area contributed by atoms with Gasteiger partial charge in [-0.2, -0.15) is 0 Å². The minimum Gasteiger partial charge on any atom is -0.378 e. The zero-order valence-electron chi connectivity index (χ0n) is 10.5. The minimum atomic E-state index is 0.471. The van der Waals surface area contributed by atoms with E-state index in [1.54, 1.807) is 12.4 Å². The maximum atomic E-state index is 6.05. The van der Waals surface area contributed by atoms with E-state index in [0.717, 1.165) is 15.5 Å². The van der Waals surface area contributed by atoms with Gasteiger partial charge in [0, 0.05) is 35.0 Å². The maximum Gasteiger partial charge on any atom is 0.152 e. The highest BCUT2D eigenvalue weighted by Crippen LogP contribution is 2.24. The Morgan fingerprint density at radius 2 is 2.00 bits per heavy atom. The number of rotatable bonds is 3. The zero-order chi connectivity index (χ0) is 13.9. The number of fused-ring (bicyclic) bond motifs is 1. The van der Waals surface area contributed by atoms with Gasteiger partial charge in [0.15, 0.2) is 5.15 Å². The van der Waals surface area contributed by atoms with Crippen molar-refractivity contribution in [2.45, 2.75) is 6.54 Å². The van der Waals surface area contributed by atoms with E-state index in [-0.39, 0.29) is 0 Å². The quantitative estimate of drug-likeness (QED) is 0.700. The predicted molar refractivity (Wildman–Crippen MR) is 86.0 cm³/mol. The lowest BCUT2D eigenvalue weighted by molar-refractivity contribution is 1.14. The molecule has 0 aliphatic carbocycles.